The minimum Gasteiger partial charge on any atom is -0.207 e. The summed E-state index contributed by atoms with van der Waals surface area (Å²) in [6, 6.07) is 14.2. The zero-order valence-electron chi connectivity index (χ0n) is 12.3. The van der Waals surface area contributed by atoms with Crippen LogP contribution in [0.3, 0.4) is 0 Å². The lowest BCUT2D eigenvalue weighted by molar-refractivity contribution is 0.619. The topological polar surface area (TPSA) is 0 Å². The van der Waals surface area contributed by atoms with E-state index in [1.54, 1.807) is 18.3 Å². The minimum atomic E-state index is -1.04. The van der Waals surface area contributed by atoms with E-state index < -0.39 is 6.89 Å². The summed E-state index contributed by atoms with van der Waals surface area (Å²) in [6.45, 7) is 5.55. The quantitative estimate of drug-likeness (QED) is 0.704. The smallest absolute Gasteiger partial charge is 0.126 e. The molecule has 2 aromatic carbocycles. The third-order valence-corrected chi connectivity index (χ3v) is 7.90. The van der Waals surface area contributed by atoms with Crippen molar-refractivity contribution in [3.05, 3.63) is 53.8 Å². The average Bonchev–Trinajstić information content (AvgIpc) is 3.27. The predicted octanol–water partition coefficient (Wildman–Crippen LogP) is 4.67. The van der Waals surface area contributed by atoms with E-state index in [2.05, 4.69) is 37.6 Å². The molecule has 1 saturated carbocycles. The highest BCUT2D eigenvalue weighted by atomic mass is 31.2. The third kappa shape index (κ3) is 2.47. The first-order valence-electron chi connectivity index (χ1n) is 7.05. The molecule has 0 saturated heterocycles. The van der Waals surface area contributed by atoms with E-state index in [1.807, 2.05) is 12.1 Å². The number of hydrogen-bond acceptors (Lipinski definition) is 0. The van der Waals surface area contributed by atoms with Gasteiger partial charge < -0.3 is 0 Å². The summed E-state index contributed by atoms with van der Waals surface area (Å²) in [5.74, 6) is -0.132. The first kappa shape index (κ1) is 13.6. The molecule has 1 fully saturated rings. The second-order valence-corrected chi connectivity index (χ2v) is 10.1. The highest BCUT2D eigenvalue weighted by molar-refractivity contribution is 7.82. The van der Waals surface area contributed by atoms with Crippen molar-refractivity contribution in [1.82, 2.24) is 0 Å². The van der Waals surface area contributed by atoms with Crippen LogP contribution >= 0.6 is 6.89 Å². The first-order valence-corrected chi connectivity index (χ1v) is 9.73. The lowest BCUT2D eigenvalue weighted by Crippen LogP contribution is -2.04. The number of hydrogen-bond donors (Lipinski definition) is 0. The molecule has 0 spiro atoms. The molecule has 0 radical (unpaired) electrons. The third-order valence-electron chi connectivity index (χ3n) is 4.28. The van der Waals surface area contributed by atoms with E-state index in [1.165, 1.54) is 18.1 Å². The summed E-state index contributed by atoms with van der Waals surface area (Å²) in [5, 5.41) is 3.20. The van der Waals surface area contributed by atoms with Crippen LogP contribution in [0.2, 0.25) is 0 Å². The van der Waals surface area contributed by atoms with Gasteiger partial charge in [0.05, 0.1) is 0 Å². The van der Waals surface area contributed by atoms with Gasteiger partial charge in [-0.2, -0.15) is 0 Å². The van der Waals surface area contributed by atoms with E-state index in [0.29, 0.717) is 5.56 Å². The van der Waals surface area contributed by atoms with Crippen LogP contribution in [0.5, 0.6) is 0 Å². The monoisotopic (exact) mass is 286 g/mol. The maximum Gasteiger partial charge on any atom is 0.126 e. The number of aryl methyl sites for hydroxylation is 1. The lowest BCUT2D eigenvalue weighted by Gasteiger charge is -2.16. The molecule has 0 unspecified atom stereocenters. The van der Waals surface area contributed by atoms with Crippen LogP contribution < -0.4 is 5.30 Å². The summed E-state index contributed by atoms with van der Waals surface area (Å²) < 4.78 is 13.6. The largest absolute Gasteiger partial charge is 0.207 e. The van der Waals surface area contributed by atoms with Gasteiger partial charge in [-0.15, -0.1) is 0 Å². The molecule has 0 aliphatic heterocycles. The fourth-order valence-corrected chi connectivity index (χ4v) is 5.09. The van der Waals surface area contributed by atoms with Crippen LogP contribution in [0.1, 0.15) is 18.4 Å². The Labute approximate surface area is 120 Å². The summed E-state index contributed by atoms with van der Waals surface area (Å²) in [4.78, 5) is 0. The van der Waals surface area contributed by atoms with Crippen molar-refractivity contribution >= 4 is 17.5 Å². The Kier molecular flexibility index (Phi) is 3.34. The van der Waals surface area contributed by atoms with E-state index in [0.717, 1.165) is 11.1 Å². The zero-order valence-corrected chi connectivity index (χ0v) is 13.2. The van der Waals surface area contributed by atoms with Gasteiger partial charge in [0.15, 0.2) is 0 Å². The molecule has 20 heavy (non-hydrogen) atoms. The van der Waals surface area contributed by atoms with Crippen LogP contribution in [0, 0.1) is 12.7 Å². The van der Waals surface area contributed by atoms with E-state index >= 15 is 0 Å². The van der Waals surface area contributed by atoms with Gasteiger partial charge in [0.1, 0.15) is 5.82 Å². The van der Waals surface area contributed by atoms with E-state index in [9.17, 15) is 4.39 Å². The second-order valence-electron chi connectivity index (χ2n) is 6.03. The molecule has 1 aliphatic rings. The van der Waals surface area contributed by atoms with Gasteiger partial charge in [-0.25, -0.2) is 4.39 Å². The van der Waals surface area contributed by atoms with Crippen LogP contribution in [0.25, 0.3) is 11.1 Å². The van der Waals surface area contributed by atoms with Crippen molar-refractivity contribution in [1.29, 1.82) is 0 Å². The standard InChI is InChI=1S/C18H20FP/c1-13-4-5-15(12-18(13)19)14-6-8-16(9-7-14)20(2,3)17-10-11-17/h4-9,12H,10-11H2,1-3H3. The van der Waals surface area contributed by atoms with Crippen molar-refractivity contribution in [3.8, 4) is 11.1 Å². The molecule has 0 nitrogen and oxygen atoms in total. The highest BCUT2D eigenvalue weighted by Crippen LogP contribution is 2.47. The Hall–Kier alpha value is -1.33. The molecule has 0 heterocycles. The molecular formula is C18H20FP. The Morgan fingerprint density at radius 2 is 1.50 bits per heavy atom. The van der Waals surface area contributed by atoms with Gasteiger partial charge in [-0.3, -0.25) is 0 Å². The van der Waals surface area contributed by atoms with E-state index in [-0.39, 0.29) is 5.82 Å². The highest BCUT2D eigenvalue weighted by Gasteiger charge is 2.22. The minimum absolute atomic E-state index is 0.132. The fraction of sp³-hybridized carbons (Fsp3) is 0.278. The Morgan fingerprint density at radius 3 is 2.05 bits per heavy atom. The first-order chi connectivity index (χ1) is 9.48. The summed E-state index contributed by atoms with van der Waals surface area (Å²) in [7, 11) is 0. The van der Waals surface area contributed by atoms with Crippen LogP contribution in [-0.2, 0) is 0 Å². The van der Waals surface area contributed by atoms with Crippen molar-refractivity contribution < 1.29 is 4.39 Å². The Morgan fingerprint density at radius 1 is 0.900 bits per heavy atom. The predicted molar refractivity (Wildman–Crippen MR) is 89.2 cm³/mol. The van der Waals surface area contributed by atoms with Crippen molar-refractivity contribution in [2.24, 2.45) is 0 Å². The maximum atomic E-state index is 13.6. The molecule has 1 aliphatic carbocycles. The molecule has 104 valence electrons. The van der Waals surface area contributed by atoms with Crippen molar-refractivity contribution in [3.63, 3.8) is 0 Å². The SMILES string of the molecule is Cc1ccc(-c2ccc(P(C)(C)=C3CC3)cc2)cc1F. The molecule has 2 aromatic rings. The van der Waals surface area contributed by atoms with Gasteiger partial charge >= 0.3 is 0 Å². The maximum absolute atomic E-state index is 13.6. The van der Waals surface area contributed by atoms with Crippen molar-refractivity contribution in [2.45, 2.75) is 19.8 Å². The van der Waals surface area contributed by atoms with Crippen molar-refractivity contribution in [2.75, 3.05) is 13.3 Å². The van der Waals surface area contributed by atoms with Gasteiger partial charge in [0, 0.05) is 0 Å². The summed E-state index contributed by atoms with van der Waals surface area (Å²) >= 11 is 0. The molecule has 3 rings (SSSR count). The fourth-order valence-electron chi connectivity index (χ4n) is 2.60. The number of benzene rings is 2. The molecule has 0 amide bonds. The molecule has 0 atom stereocenters. The molecule has 0 aromatic heterocycles. The molecule has 0 N–H and O–H groups in total. The molecular weight excluding hydrogens is 266 g/mol. The lowest BCUT2D eigenvalue weighted by atomic mass is 10.0. The average molecular weight is 286 g/mol. The summed E-state index contributed by atoms with van der Waals surface area (Å²) in [5.41, 5.74) is 2.74. The Bertz CT molecular complexity index is 699. The van der Waals surface area contributed by atoms with Gasteiger partial charge in [-0.1, -0.05) is 48.6 Å². The number of halogens is 1. The normalized spacial score (nSPS) is 14.5. The van der Waals surface area contributed by atoms with E-state index in [4.69, 9.17) is 0 Å². The van der Waals surface area contributed by atoms with Gasteiger partial charge in [0.25, 0.3) is 0 Å². The summed E-state index contributed by atoms with van der Waals surface area (Å²) in [6.07, 6.45) is 2.62. The van der Waals surface area contributed by atoms with Crippen LogP contribution in [-0.4, -0.2) is 18.6 Å². The van der Waals surface area contributed by atoms with Gasteiger partial charge in [-0.05, 0) is 61.2 Å². The van der Waals surface area contributed by atoms with Gasteiger partial charge in [0.2, 0.25) is 0 Å². The zero-order chi connectivity index (χ0) is 14.3. The van der Waals surface area contributed by atoms with Crippen LogP contribution in [0.4, 0.5) is 4.39 Å². The number of rotatable bonds is 2. The second kappa shape index (κ2) is 4.90. The molecule has 0 bridgehead atoms. The molecule has 2 heteroatoms. The Balaban J connectivity index is 1.97. The van der Waals surface area contributed by atoms with Crippen LogP contribution in [0.15, 0.2) is 42.5 Å².